The van der Waals surface area contributed by atoms with E-state index in [9.17, 15) is 0 Å². The summed E-state index contributed by atoms with van der Waals surface area (Å²) in [5.41, 5.74) is 10.6. The Labute approximate surface area is 100 Å². The topological polar surface area (TPSA) is 57.9 Å². The van der Waals surface area contributed by atoms with Gasteiger partial charge in [0.15, 0.2) is 0 Å². The van der Waals surface area contributed by atoms with Crippen LogP contribution in [0.5, 0.6) is 0 Å². The fourth-order valence-electron chi connectivity index (χ4n) is 2.38. The van der Waals surface area contributed by atoms with Crippen molar-refractivity contribution in [1.82, 2.24) is 14.9 Å². The Morgan fingerprint density at radius 2 is 2.29 bits per heavy atom. The van der Waals surface area contributed by atoms with Crippen LogP contribution >= 0.6 is 0 Å². The maximum absolute atomic E-state index is 5.80. The summed E-state index contributed by atoms with van der Waals surface area (Å²) >= 11 is 0. The number of nitrogens with two attached hydrogens (primary N) is 1. The van der Waals surface area contributed by atoms with Crippen LogP contribution < -0.4 is 5.73 Å². The van der Waals surface area contributed by atoms with Crippen molar-refractivity contribution in [3.63, 3.8) is 0 Å². The number of aromatic amines is 1. The number of H-pyrrole nitrogens is 1. The van der Waals surface area contributed by atoms with E-state index in [1.807, 2.05) is 12.3 Å². The Hall–Kier alpha value is -1.81. The highest BCUT2D eigenvalue weighted by Gasteiger charge is 2.16. The molecule has 0 aliphatic carbocycles. The van der Waals surface area contributed by atoms with Crippen LogP contribution in [0.15, 0.2) is 30.7 Å². The van der Waals surface area contributed by atoms with Crippen LogP contribution in [0.2, 0.25) is 0 Å². The molecule has 0 unspecified atom stereocenters. The molecule has 17 heavy (non-hydrogen) atoms. The van der Waals surface area contributed by atoms with E-state index in [1.165, 1.54) is 16.8 Å². The zero-order chi connectivity index (χ0) is 11.7. The van der Waals surface area contributed by atoms with Gasteiger partial charge < -0.3 is 10.7 Å². The minimum absolute atomic E-state index is 0.866. The molecule has 0 fully saturated rings. The van der Waals surface area contributed by atoms with Gasteiger partial charge in [0.05, 0.1) is 6.33 Å². The summed E-state index contributed by atoms with van der Waals surface area (Å²) in [7, 11) is 0. The molecule has 88 valence electrons. The quantitative estimate of drug-likeness (QED) is 0.767. The average Bonchev–Trinajstić information content (AvgIpc) is 2.82. The summed E-state index contributed by atoms with van der Waals surface area (Å²) in [5, 5.41) is 0. The number of anilines is 1. The summed E-state index contributed by atoms with van der Waals surface area (Å²) in [6.45, 7) is 3.01. The third-order valence-corrected chi connectivity index (χ3v) is 3.27. The summed E-state index contributed by atoms with van der Waals surface area (Å²) in [6.07, 6.45) is 4.70. The van der Waals surface area contributed by atoms with Crippen molar-refractivity contribution >= 4 is 5.69 Å². The Kier molecular flexibility index (Phi) is 2.57. The smallest absolute Gasteiger partial charge is 0.0922 e. The van der Waals surface area contributed by atoms with E-state index in [2.05, 4.69) is 27.0 Å². The largest absolute Gasteiger partial charge is 0.399 e. The number of hydrogen-bond donors (Lipinski definition) is 2. The van der Waals surface area contributed by atoms with E-state index in [0.29, 0.717) is 0 Å². The Morgan fingerprint density at radius 3 is 3.12 bits per heavy atom. The summed E-state index contributed by atoms with van der Waals surface area (Å²) < 4.78 is 0. The molecule has 2 aromatic rings. The number of imidazole rings is 1. The minimum Gasteiger partial charge on any atom is -0.399 e. The van der Waals surface area contributed by atoms with Crippen LogP contribution in [0.3, 0.4) is 0 Å². The lowest BCUT2D eigenvalue weighted by Gasteiger charge is -2.28. The van der Waals surface area contributed by atoms with Crippen molar-refractivity contribution in [3.05, 3.63) is 47.5 Å². The first-order chi connectivity index (χ1) is 8.31. The highest BCUT2D eigenvalue weighted by atomic mass is 15.1. The summed E-state index contributed by atoms with van der Waals surface area (Å²) in [6, 6.07) is 6.23. The van der Waals surface area contributed by atoms with Gasteiger partial charge >= 0.3 is 0 Å². The van der Waals surface area contributed by atoms with Crippen molar-refractivity contribution in [2.45, 2.75) is 19.5 Å². The fraction of sp³-hybridized carbons (Fsp3) is 0.308. The molecular formula is C13H16N4. The number of nitrogen functional groups attached to an aromatic ring is 1. The molecule has 0 atom stereocenters. The average molecular weight is 228 g/mol. The second-order valence-corrected chi connectivity index (χ2v) is 4.57. The first-order valence-corrected chi connectivity index (χ1v) is 5.88. The standard InChI is InChI=1S/C13H16N4/c14-12-2-1-11-7-17(4-3-10(11)5-12)8-13-6-15-9-16-13/h1-2,5-6,9H,3-4,7-8,14H2,(H,15,16). The van der Waals surface area contributed by atoms with Crippen LogP contribution in [-0.2, 0) is 19.5 Å². The van der Waals surface area contributed by atoms with Gasteiger partial charge in [-0.15, -0.1) is 0 Å². The SMILES string of the molecule is Nc1ccc2c(c1)CCN(Cc1cnc[nH]1)C2. The molecule has 0 saturated carbocycles. The predicted molar refractivity (Wildman–Crippen MR) is 67.3 cm³/mol. The van der Waals surface area contributed by atoms with Gasteiger partial charge in [0.2, 0.25) is 0 Å². The lowest BCUT2D eigenvalue weighted by Crippen LogP contribution is -2.30. The Balaban J connectivity index is 1.74. The van der Waals surface area contributed by atoms with Crippen LogP contribution in [0.25, 0.3) is 0 Å². The first-order valence-electron chi connectivity index (χ1n) is 5.88. The molecule has 4 nitrogen and oxygen atoms in total. The van der Waals surface area contributed by atoms with Gasteiger partial charge in [0.25, 0.3) is 0 Å². The van der Waals surface area contributed by atoms with Crippen molar-refractivity contribution in [2.24, 2.45) is 0 Å². The number of nitrogens with zero attached hydrogens (tertiary/aromatic N) is 2. The first kappa shape index (κ1) is 10.4. The molecule has 1 aromatic carbocycles. The second-order valence-electron chi connectivity index (χ2n) is 4.57. The number of hydrogen-bond acceptors (Lipinski definition) is 3. The third-order valence-electron chi connectivity index (χ3n) is 3.27. The molecule has 0 radical (unpaired) electrons. The van der Waals surface area contributed by atoms with Crippen molar-refractivity contribution in [2.75, 3.05) is 12.3 Å². The number of aromatic nitrogens is 2. The number of rotatable bonds is 2. The van der Waals surface area contributed by atoms with Crippen molar-refractivity contribution in [1.29, 1.82) is 0 Å². The molecule has 1 aromatic heterocycles. The van der Waals surface area contributed by atoms with Gasteiger partial charge in [-0.25, -0.2) is 4.98 Å². The molecule has 3 N–H and O–H groups in total. The van der Waals surface area contributed by atoms with Crippen molar-refractivity contribution < 1.29 is 0 Å². The second kappa shape index (κ2) is 4.22. The molecule has 0 saturated heterocycles. The molecular weight excluding hydrogens is 212 g/mol. The van der Waals surface area contributed by atoms with Crippen LogP contribution in [0.1, 0.15) is 16.8 Å². The Bertz CT molecular complexity index is 504. The molecule has 4 heteroatoms. The van der Waals surface area contributed by atoms with E-state index >= 15 is 0 Å². The highest BCUT2D eigenvalue weighted by Crippen LogP contribution is 2.22. The van der Waals surface area contributed by atoms with E-state index in [4.69, 9.17) is 5.73 Å². The molecule has 2 heterocycles. The normalized spacial score (nSPS) is 15.8. The zero-order valence-corrected chi connectivity index (χ0v) is 9.69. The van der Waals surface area contributed by atoms with Crippen molar-refractivity contribution in [3.8, 4) is 0 Å². The maximum Gasteiger partial charge on any atom is 0.0922 e. The fourth-order valence-corrected chi connectivity index (χ4v) is 2.38. The molecule has 3 rings (SSSR count). The summed E-state index contributed by atoms with van der Waals surface area (Å²) in [4.78, 5) is 9.61. The highest BCUT2D eigenvalue weighted by molar-refractivity contribution is 5.45. The summed E-state index contributed by atoms with van der Waals surface area (Å²) in [5.74, 6) is 0. The number of fused-ring (bicyclic) bond motifs is 1. The minimum atomic E-state index is 0.866. The van der Waals surface area contributed by atoms with Gasteiger partial charge in [0, 0.05) is 37.2 Å². The van der Waals surface area contributed by atoms with Gasteiger partial charge in [-0.1, -0.05) is 6.07 Å². The van der Waals surface area contributed by atoms with Gasteiger partial charge in [0.1, 0.15) is 0 Å². The molecule has 1 aliphatic rings. The lowest BCUT2D eigenvalue weighted by molar-refractivity contribution is 0.243. The van der Waals surface area contributed by atoms with E-state index < -0.39 is 0 Å². The zero-order valence-electron chi connectivity index (χ0n) is 9.69. The predicted octanol–water partition coefficient (Wildman–Crippen LogP) is 1.55. The van der Waals surface area contributed by atoms with E-state index in [-0.39, 0.29) is 0 Å². The molecule has 0 spiro atoms. The Morgan fingerprint density at radius 1 is 1.35 bits per heavy atom. The molecule has 1 aliphatic heterocycles. The monoisotopic (exact) mass is 228 g/mol. The van der Waals surface area contributed by atoms with Gasteiger partial charge in [-0.2, -0.15) is 0 Å². The molecule has 0 bridgehead atoms. The number of nitrogens with one attached hydrogen (secondary N) is 1. The van der Waals surface area contributed by atoms with E-state index in [0.717, 1.165) is 31.7 Å². The number of benzene rings is 1. The van der Waals surface area contributed by atoms with E-state index in [1.54, 1.807) is 6.33 Å². The van der Waals surface area contributed by atoms with Gasteiger partial charge in [-0.3, -0.25) is 4.90 Å². The third kappa shape index (κ3) is 2.17. The van der Waals surface area contributed by atoms with Crippen LogP contribution in [-0.4, -0.2) is 21.4 Å². The lowest BCUT2D eigenvalue weighted by atomic mass is 9.99. The van der Waals surface area contributed by atoms with Crippen LogP contribution in [0.4, 0.5) is 5.69 Å². The van der Waals surface area contributed by atoms with Gasteiger partial charge in [-0.05, 0) is 29.7 Å². The molecule has 0 amide bonds. The van der Waals surface area contributed by atoms with Crippen LogP contribution in [0, 0.1) is 0 Å². The maximum atomic E-state index is 5.80.